The molecule has 1 aliphatic heterocycles. The molecule has 1 N–H and O–H groups in total. The molecular weight excluding hydrogens is 344 g/mol. The summed E-state index contributed by atoms with van der Waals surface area (Å²) >= 11 is 0. The van der Waals surface area contributed by atoms with Gasteiger partial charge in [-0.2, -0.15) is 0 Å². The molecule has 1 aromatic heterocycles. The number of nitrogens with one attached hydrogen (secondary N) is 1. The fourth-order valence-electron chi connectivity index (χ4n) is 3.23. The molecule has 2 amide bonds. The molecule has 0 radical (unpaired) electrons. The number of aryl methyl sites for hydroxylation is 1. The predicted molar refractivity (Wildman–Crippen MR) is 102 cm³/mol. The van der Waals surface area contributed by atoms with Crippen molar-refractivity contribution in [3.63, 3.8) is 0 Å². The zero-order valence-corrected chi connectivity index (χ0v) is 15.6. The predicted octanol–water partition coefficient (Wildman–Crippen LogP) is 2.39. The summed E-state index contributed by atoms with van der Waals surface area (Å²) in [7, 11) is 1.52. The Morgan fingerprint density at radius 2 is 1.93 bits per heavy atom. The highest BCUT2D eigenvalue weighted by molar-refractivity contribution is 6.04. The van der Waals surface area contributed by atoms with E-state index in [1.807, 2.05) is 42.2 Å². The lowest BCUT2D eigenvalue weighted by atomic mass is 9.95. The quantitative estimate of drug-likeness (QED) is 0.876. The van der Waals surface area contributed by atoms with Crippen LogP contribution in [0.2, 0.25) is 0 Å². The number of benzene rings is 1. The number of nitrogens with zero attached hydrogens (tertiary/aromatic N) is 3. The molecule has 0 aliphatic carbocycles. The van der Waals surface area contributed by atoms with Gasteiger partial charge in [0.1, 0.15) is 12.4 Å². The number of likely N-dealkylation sites (tertiary alicyclic amines) is 1. The summed E-state index contributed by atoms with van der Waals surface area (Å²) in [5.41, 5.74) is 1.86. The summed E-state index contributed by atoms with van der Waals surface area (Å²) in [6.07, 6.45) is 3.22. The molecule has 0 atom stereocenters. The van der Waals surface area contributed by atoms with Gasteiger partial charge in [-0.1, -0.05) is 18.2 Å². The van der Waals surface area contributed by atoms with Gasteiger partial charge in [-0.15, -0.1) is 0 Å². The molecule has 2 heterocycles. The molecule has 27 heavy (non-hydrogen) atoms. The van der Waals surface area contributed by atoms with Crippen molar-refractivity contribution in [2.24, 2.45) is 0 Å². The van der Waals surface area contributed by atoms with Crippen LogP contribution < -0.4 is 5.32 Å². The fraction of sp³-hybridized carbons (Fsp3) is 0.400. The van der Waals surface area contributed by atoms with Crippen LogP contribution in [0.1, 0.15) is 40.6 Å². The maximum Gasteiger partial charge on any atom is 0.259 e. The Morgan fingerprint density at radius 1 is 1.22 bits per heavy atom. The topological polar surface area (TPSA) is 84.4 Å². The molecule has 142 valence electrons. The Kier molecular flexibility index (Phi) is 6.13. The Hall–Kier alpha value is -2.80. The highest BCUT2D eigenvalue weighted by Gasteiger charge is 2.26. The van der Waals surface area contributed by atoms with E-state index in [1.54, 1.807) is 6.20 Å². The van der Waals surface area contributed by atoms with Gasteiger partial charge in [0, 0.05) is 38.0 Å². The number of carbonyl (C=O) groups is 2. The summed E-state index contributed by atoms with van der Waals surface area (Å²) < 4.78 is 4.91. The summed E-state index contributed by atoms with van der Waals surface area (Å²) in [4.78, 5) is 35.2. The number of methoxy groups -OCH3 is 1. The number of anilines is 1. The molecule has 1 saturated heterocycles. The maximum absolute atomic E-state index is 12.5. The molecular formula is C20H24N4O3. The number of hydrogen-bond donors (Lipinski definition) is 1. The number of carbonyl (C=O) groups excluding carboxylic acids is 2. The number of para-hydroxylation sites is 1. The van der Waals surface area contributed by atoms with Gasteiger partial charge in [0.25, 0.3) is 5.91 Å². The van der Waals surface area contributed by atoms with E-state index in [1.165, 1.54) is 7.11 Å². The Labute approximate surface area is 158 Å². The van der Waals surface area contributed by atoms with E-state index in [0.29, 0.717) is 24.3 Å². The van der Waals surface area contributed by atoms with E-state index in [-0.39, 0.29) is 24.3 Å². The zero-order chi connectivity index (χ0) is 19.2. The van der Waals surface area contributed by atoms with Crippen molar-refractivity contribution in [2.45, 2.75) is 25.7 Å². The van der Waals surface area contributed by atoms with Gasteiger partial charge in [-0.05, 0) is 31.9 Å². The molecule has 1 fully saturated rings. The normalized spacial score (nSPS) is 14.8. The first-order valence-electron chi connectivity index (χ1n) is 9.05. The second-order valence-corrected chi connectivity index (χ2v) is 6.64. The minimum atomic E-state index is -0.217. The zero-order valence-electron chi connectivity index (χ0n) is 15.6. The summed E-state index contributed by atoms with van der Waals surface area (Å²) in [6.45, 7) is 3.28. The third-order valence-corrected chi connectivity index (χ3v) is 4.75. The van der Waals surface area contributed by atoms with Crippen LogP contribution in [0, 0.1) is 6.92 Å². The van der Waals surface area contributed by atoms with Crippen LogP contribution in [-0.2, 0) is 9.53 Å². The minimum absolute atomic E-state index is 0.0148. The third kappa shape index (κ3) is 4.68. The molecule has 1 aromatic carbocycles. The van der Waals surface area contributed by atoms with Crippen LogP contribution >= 0.6 is 0 Å². The Morgan fingerprint density at radius 3 is 2.56 bits per heavy atom. The average Bonchev–Trinajstić information content (AvgIpc) is 2.69. The molecule has 0 unspecified atom stereocenters. The smallest absolute Gasteiger partial charge is 0.259 e. The van der Waals surface area contributed by atoms with Gasteiger partial charge in [-0.25, -0.2) is 9.97 Å². The van der Waals surface area contributed by atoms with E-state index in [9.17, 15) is 9.59 Å². The van der Waals surface area contributed by atoms with Crippen LogP contribution in [0.5, 0.6) is 0 Å². The second-order valence-electron chi connectivity index (χ2n) is 6.64. The lowest BCUT2D eigenvalue weighted by Crippen LogP contribution is -2.40. The van der Waals surface area contributed by atoms with Crippen molar-refractivity contribution >= 4 is 17.5 Å². The lowest BCUT2D eigenvalue weighted by Gasteiger charge is -2.31. The van der Waals surface area contributed by atoms with Gasteiger partial charge in [0.2, 0.25) is 5.91 Å². The van der Waals surface area contributed by atoms with Crippen molar-refractivity contribution in [2.75, 3.05) is 32.1 Å². The van der Waals surface area contributed by atoms with Crippen molar-refractivity contribution in [1.29, 1.82) is 0 Å². The Balaban J connectivity index is 1.63. The first-order valence-corrected chi connectivity index (χ1v) is 9.05. The Bertz CT molecular complexity index is 802. The maximum atomic E-state index is 12.5. The van der Waals surface area contributed by atoms with E-state index < -0.39 is 0 Å². The largest absolute Gasteiger partial charge is 0.375 e. The van der Waals surface area contributed by atoms with Gasteiger partial charge < -0.3 is 15.0 Å². The molecule has 0 saturated carbocycles. The van der Waals surface area contributed by atoms with Crippen LogP contribution in [0.15, 0.2) is 36.5 Å². The highest BCUT2D eigenvalue weighted by Crippen LogP contribution is 2.26. The van der Waals surface area contributed by atoms with E-state index in [4.69, 9.17) is 4.74 Å². The SMILES string of the molecule is COCC(=O)N1CCC(c2ncc(C(=O)Nc3ccccc3)c(C)n2)CC1. The molecule has 0 bridgehead atoms. The standard InChI is InChI=1S/C20H24N4O3/c1-14-17(20(26)23-16-6-4-3-5-7-16)12-21-19(22-14)15-8-10-24(11-9-15)18(25)13-27-2/h3-7,12,15H,8-11,13H2,1-2H3,(H,23,26). The monoisotopic (exact) mass is 368 g/mol. The van der Waals surface area contributed by atoms with Crippen molar-refractivity contribution < 1.29 is 14.3 Å². The average molecular weight is 368 g/mol. The van der Waals surface area contributed by atoms with Crippen molar-refractivity contribution in [1.82, 2.24) is 14.9 Å². The first-order chi connectivity index (χ1) is 13.1. The van der Waals surface area contributed by atoms with Gasteiger partial charge >= 0.3 is 0 Å². The van der Waals surface area contributed by atoms with Crippen LogP contribution in [0.25, 0.3) is 0 Å². The summed E-state index contributed by atoms with van der Waals surface area (Å²) in [5, 5.41) is 2.85. The van der Waals surface area contributed by atoms with E-state index in [2.05, 4.69) is 15.3 Å². The summed E-state index contributed by atoms with van der Waals surface area (Å²) in [5.74, 6) is 0.732. The molecule has 3 rings (SSSR count). The van der Waals surface area contributed by atoms with Crippen LogP contribution in [0.3, 0.4) is 0 Å². The number of aromatic nitrogens is 2. The van der Waals surface area contributed by atoms with Crippen molar-refractivity contribution in [3.8, 4) is 0 Å². The van der Waals surface area contributed by atoms with Crippen LogP contribution in [0.4, 0.5) is 5.69 Å². The third-order valence-electron chi connectivity index (χ3n) is 4.75. The highest BCUT2D eigenvalue weighted by atomic mass is 16.5. The second kappa shape index (κ2) is 8.73. The van der Waals surface area contributed by atoms with Gasteiger partial charge in [0.05, 0.1) is 11.3 Å². The molecule has 2 aromatic rings. The van der Waals surface area contributed by atoms with Crippen LogP contribution in [-0.4, -0.2) is 53.5 Å². The van der Waals surface area contributed by atoms with Gasteiger partial charge in [-0.3, -0.25) is 9.59 Å². The molecule has 7 heteroatoms. The fourth-order valence-corrected chi connectivity index (χ4v) is 3.23. The number of hydrogen-bond acceptors (Lipinski definition) is 5. The number of ether oxygens (including phenoxy) is 1. The minimum Gasteiger partial charge on any atom is -0.375 e. The molecule has 1 aliphatic rings. The first kappa shape index (κ1) is 19.0. The lowest BCUT2D eigenvalue weighted by molar-refractivity contribution is -0.136. The summed E-state index contributed by atoms with van der Waals surface area (Å²) in [6, 6.07) is 9.30. The molecule has 0 spiro atoms. The molecule has 7 nitrogen and oxygen atoms in total. The van der Waals surface area contributed by atoms with Crippen molar-refractivity contribution in [3.05, 3.63) is 53.6 Å². The van der Waals surface area contributed by atoms with E-state index >= 15 is 0 Å². The number of rotatable bonds is 5. The number of amides is 2. The number of piperidine rings is 1. The van der Waals surface area contributed by atoms with Gasteiger partial charge in [0.15, 0.2) is 0 Å². The van der Waals surface area contributed by atoms with E-state index in [0.717, 1.165) is 24.4 Å².